The molecular weight excluding hydrogens is 344 g/mol. The first-order valence-electron chi connectivity index (χ1n) is 10.5. The van der Waals surface area contributed by atoms with E-state index in [1.54, 1.807) is 0 Å². The van der Waals surface area contributed by atoms with E-state index in [9.17, 15) is 9.59 Å². The SMILES string of the molecule is CCCN1CCC(N2CCN(C(=O)CCNC(=O)OC(C)(C)C)CC2)CC1. The molecule has 0 saturated carbocycles. The monoisotopic (exact) mass is 382 g/mol. The van der Waals surface area contributed by atoms with E-state index in [1.807, 2.05) is 25.7 Å². The standard InChI is InChI=1S/C20H38N4O3/c1-5-10-22-11-7-17(8-12-22)23-13-15-24(16-14-23)18(25)6-9-21-19(26)27-20(2,3)4/h17H,5-16H2,1-4H3,(H,21,26). The van der Waals surface area contributed by atoms with Crippen molar-refractivity contribution >= 4 is 12.0 Å². The summed E-state index contributed by atoms with van der Waals surface area (Å²) in [4.78, 5) is 31.1. The maximum absolute atomic E-state index is 12.4. The van der Waals surface area contributed by atoms with Crippen molar-refractivity contribution in [2.45, 2.75) is 65.0 Å². The van der Waals surface area contributed by atoms with Crippen molar-refractivity contribution in [2.75, 3.05) is 52.4 Å². The van der Waals surface area contributed by atoms with Crippen LogP contribution in [0.1, 0.15) is 53.4 Å². The zero-order chi connectivity index (χ0) is 19.9. The average molecular weight is 383 g/mol. The third-order valence-electron chi connectivity index (χ3n) is 5.29. The van der Waals surface area contributed by atoms with Crippen molar-refractivity contribution < 1.29 is 14.3 Å². The Balaban J connectivity index is 1.62. The van der Waals surface area contributed by atoms with Crippen molar-refractivity contribution in [1.29, 1.82) is 0 Å². The molecule has 2 aliphatic heterocycles. The minimum absolute atomic E-state index is 0.114. The van der Waals surface area contributed by atoms with E-state index in [0.29, 0.717) is 19.0 Å². The number of alkyl carbamates (subject to hydrolysis) is 1. The predicted octanol–water partition coefficient (Wildman–Crippen LogP) is 1.92. The molecule has 0 aromatic heterocycles. The molecule has 2 heterocycles. The van der Waals surface area contributed by atoms with Crippen LogP contribution in [0, 0.1) is 0 Å². The summed E-state index contributed by atoms with van der Waals surface area (Å²) in [6.07, 6.45) is 3.58. The van der Waals surface area contributed by atoms with Crippen LogP contribution in [-0.4, -0.2) is 90.7 Å². The molecule has 1 N–H and O–H groups in total. The Morgan fingerprint density at radius 2 is 1.67 bits per heavy atom. The number of hydrogen-bond donors (Lipinski definition) is 1. The zero-order valence-electron chi connectivity index (χ0n) is 17.6. The number of carbonyl (C=O) groups excluding carboxylic acids is 2. The molecule has 0 aromatic carbocycles. The summed E-state index contributed by atoms with van der Waals surface area (Å²) < 4.78 is 5.18. The molecule has 156 valence electrons. The molecule has 7 heteroatoms. The van der Waals surface area contributed by atoms with Gasteiger partial charge in [0.1, 0.15) is 5.60 Å². The molecule has 2 aliphatic rings. The minimum atomic E-state index is -0.517. The molecule has 2 amide bonds. The van der Waals surface area contributed by atoms with Crippen LogP contribution in [0.3, 0.4) is 0 Å². The van der Waals surface area contributed by atoms with Gasteiger partial charge in [-0.2, -0.15) is 0 Å². The number of piperidine rings is 1. The maximum Gasteiger partial charge on any atom is 0.407 e. The van der Waals surface area contributed by atoms with Crippen LogP contribution in [0.5, 0.6) is 0 Å². The summed E-state index contributed by atoms with van der Waals surface area (Å²) in [6.45, 7) is 15.2. The number of ether oxygens (including phenoxy) is 1. The molecule has 2 saturated heterocycles. The molecule has 2 fully saturated rings. The highest BCUT2D eigenvalue weighted by atomic mass is 16.6. The fourth-order valence-electron chi connectivity index (χ4n) is 3.90. The second-order valence-corrected chi connectivity index (χ2v) is 8.67. The largest absolute Gasteiger partial charge is 0.444 e. The van der Waals surface area contributed by atoms with Crippen LogP contribution in [-0.2, 0) is 9.53 Å². The number of nitrogens with one attached hydrogen (secondary N) is 1. The van der Waals surface area contributed by atoms with E-state index in [-0.39, 0.29) is 5.91 Å². The summed E-state index contributed by atoms with van der Waals surface area (Å²) >= 11 is 0. The molecule has 0 atom stereocenters. The second-order valence-electron chi connectivity index (χ2n) is 8.67. The quantitative estimate of drug-likeness (QED) is 0.760. The summed E-state index contributed by atoms with van der Waals surface area (Å²) in [5.41, 5.74) is -0.517. The van der Waals surface area contributed by atoms with Crippen LogP contribution in [0.25, 0.3) is 0 Å². The van der Waals surface area contributed by atoms with E-state index in [2.05, 4.69) is 22.0 Å². The Morgan fingerprint density at radius 1 is 1.04 bits per heavy atom. The average Bonchev–Trinajstić information content (AvgIpc) is 2.61. The number of amides is 2. The molecule has 0 aliphatic carbocycles. The van der Waals surface area contributed by atoms with Gasteiger partial charge in [0.2, 0.25) is 5.91 Å². The lowest BCUT2D eigenvalue weighted by Gasteiger charge is -2.42. The highest BCUT2D eigenvalue weighted by molar-refractivity contribution is 5.77. The lowest BCUT2D eigenvalue weighted by atomic mass is 10.0. The van der Waals surface area contributed by atoms with Gasteiger partial charge < -0.3 is 19.9 Å². The molecule has 0 spiro atoms. The van der Waals surface area contributed by atoms with Crippen LogP contribution in [0.4, 0.5) is 4.79 Å². The third kappa shape index (κ3) is 7.66. The second kappa shape index (κ2) is 10.3. The van der Waals surface area contributed by atoms with E-state index < -0.39 is 11.7 Å². The Hall–Kier alpha value is -1.34. The summed E-state index contributed by atoms with van der Waals surface area (Å²) in [5, 5.41) is 2.66. The first-order valence-corrected chi connectivity index (χ1v) is 10.5. The fraction of sp³-hybridized carbons (Fsp3) is 0.900. The number of piperazine rings is 1. The van der Waals surface area contributed by atoms with Gasteiger partial charge in [-0.3, -0.25) is 9.69 Å². The minimum Gasteiger partial charge on any atom is -0.444 e. The Kier molecular flexibility index (Phi) is 8.35. The Morgan fingerprint density at radius 3 is 2.22 bits per heavy atom. The lowest BCUT2D eigenvalue weighted by Crippen LogP contribution is -2.54. The summed E-state index contributed by atoms with van der Waals surface area (Å²) in [7, 11) is 0. The predicted molar refractivity (Wildman–Crippen MR) is 107 cm³/mol. The van der Waals surface area contributed by atoms with Gasteiger partial charge in [-0.05, 0) is 59.7 Å². The third-order valence-corrected chi connectivity index (χ3v) is 5.29. The van der Waals surface area contributed by atoms with Crippen molar-refractivity contribution in [3.05, 3.63) is 0 Å². The van der Waals surface area contributed by atoms with Crippen molar-refractivity contribution in [1.82, 2.24) is 20.0 Å². The number of likely N-dealkylation sites (tertiary alicyclic amines) is 1. The highest BCUT2D eigenvalue weighted by Crippen LogP contribution is 2.18. The number of nitrogens with zero attached hydrogens (tertiary/aromatic N) is 3. The van der Waals surface area contributed by atoms with Gasteiger partial charge in [-0.15, -0.1) is 0 Å². The molecule has 7 nitrogen and oxygen atoms in total. The normalized spacial score (nSPS) is 20.5. The number of hydrogen-bond acceptors (Lipinski definition) is 5. The van der Waals surface area contributed by atoms with E-state index in [0.717, 1.165) is 26.2 Å². The van der Waals surface area contributed by atoms with Crippen molar-refractivity contribution in [3.63, 3.8) is 0 Å². The smallest absolute Gasteiger partial charge is 0.407 e. The van der Waals surface area contributed by atoms with Gasteiger partial charge in [-0.1, -0.05) is 6.92 Å². The maximum atomic E-state index is 12.4. The molecular formula is C20H38N4O3. The molecule has 0 bridgehead atoms. The summed E-state index contributed by atoms with van der Waals surface area (Å²) in [6, 6.07) is 0.671. The van der Waals surface area contributed by atoms with Crippen LogP contribution >= 0.6 is 0 Å². The first kappa shape index (κ1) is 22.0. The van der Waals surface area contributed by atoms with Gasteiger partial charge in [0, 0.05) is 45.2 Å². The van der Waals surface area contributed by atoms with Crippen molar-refractivity contribution in [3.8, 4) is 0 Å². The first-order chi connectivity index (χ1) is 12.8. The zero-order valence-corrected chi connectivity index (χ0v) is 17.6. The number of rotatable bonds is 6. The van der Waals surface area contributed by atoms with Crippen molar-refractivity contribution in [2.24, 2.45) is 0 Å². The van der Waals surface area contributed by atoms with E-state index in [1.165, 1.54) is 38.9 Å². The van der Waals surface area contributed by atoms with Gasteiger partial charge in [0.25, 0.3) is 0 Å². The topological polar surface area (TPSA) is 65.1 Å². The van der Waals surface area contributed by atoms with E-state index in [4.69, 9.17) is 4.74 Å². The Bertz CT molecular complexity index is 476. The summed E-state index contributed by atoms with van der Waals surface area (Å²) in [5.74, 6) is 0.114. The molecule has 0 radical (unpaired) electrons. The Labute approximate surface area is 164 Å². The van der Waals surface area contributed by atoms with Crippen LogP contribution in [0.15, 0.2) is 0 Å². The molecule has 27 heavy (non-hydrogen) atoms. The molecule has 0 aromatic rings. The van der Waals surface area contributed by atoms with Gasteiger partial charge in [0.05, 0.1) is 0 Å². The number of carbonyl (C=O) groups is 2. The molecule has 2 rings (SSSR count). The lowest BCUT2D eigenvalue weighted by molar-refractivity contribution is -0.133. The van der Waals surface area contributed by atoms with Gasteiger partial charge in [0.15, 0.2) is 0 Å². The van der Waals surface area contributed by atoms with Crippen LogP contribution in [0.2, 0.25) is 0 Å². The van der Waals surface area contributed by atoms with Gasteiger partial charge >= 0.3 is 6.09 Å². The molecule has 0 unspecified atom stereocenters. The van der Waals surface area contributed by atoms with E-state index >= 15 is 0 Å². The fourth-order valence-corrected chi connectivity index (χ4v) is 3.90. The van der Waals surface area contributed by atoms with Gasteiger partial charge in [-0.25, -0.2) is 4.79 Å². The van der Waals surface area contributed by atoms with Crippen LogP contribution < -0.4 is 5.32 Å². The highest BCUT2D eigenvalue weighted by Gasteiger charge is 2.28.